The van der Waals surface area contributed by atoms with Gasteiger partial charge in [0, 0.05) is 12.5 Å². The van der Waals surface area contributed by atoms with Crippen LogP contribution in [0, 0.1) is 5.92 Å². The molecule has 1 saturated heterocycles. The van der Waals surface area contributed by atoms with Gasteiger partial charge >= 0.3 is 0 Å². The molecule has 2 unspecified atom stereocenters. The maximum atomic E-state index is 10.7. The normalized spacial score (nSPS) is 35.3. The van der Waals surface area contributed by atoms with Gasteiger partial charge in [0.05, 0.1) is 19.3 Å². The van der Waals surface area contributed by atoms with Gasteiger partial charge in [0.25, 0.3) is 0 Å². The van der Waals surface area contributed by atoms with E-state index in [4.69, 9.17) is 15.2 Å². The lowest BCUT2D eigenvalue weighted by atomic mass is 9.79. The van der Waals surface area contributed by atoms with Gasteiger partial charge in [-0.05, 0) is 12.5 Å². The summed E-state index contributed by atoms with van der Waals surface area (Å²) in [5.41, 5.74) is 5.82. The third-order valence-corrected chi connectivity index (χ3v) is 4.18. The van der Waals surface area contributed by atoms with Crippen molar-refractivity contribution in [2.75, 3.05) is 13.2 Å². The number of nitrogens with two attached hydrogens (primary N) is 1. The number of aliphatic hydroxyl groups is 1. The number of hydrogen-bond donors (Lipinski definition) is 2. The smallest absolute Gasteiger partial charge is 0.111 e. The molecule has 0 radical (unpaired) electrons. The summed E-state index contributed by atoms with van der Waals surface area (Å²) in [5.74, 6) is -0.0491. The molecule has 0 amide bonds. The summed E-state index contributed by atoms with van der Waals surface area (Å²) in [4.78, 5) is 0. The van der Waals surface area contributed by atoms with Gasteiger partial charge in [0.15, 0.2) is 0 Å². The summed E-state index contributed by atoms with van der Waals surface area (Å²) in [6.07, 6.45) is -0.394. The van der Waals surface area contributed by atoms with Crippen LogP contribution in [-0.4, -0.2) is 36.1 Å². The number of rotatable bonds is 4. The van der Waals surface area contributed by atoms with E-state index in [0.717, 1.165) is 5.56 Å². The van der Waals surface area contributed by atoms with Crippen LogP contribution < -0.4 is 5.73 Å². The SMILES string of the molecule is CC1OCC(OCc2ccccc2)[C@](O)(CN)[C@@H]1C. The second kappa shape index (κ2) is 6.01. The lowest BCUT2D eigenvalue weighted by Gasteiger charge is -2.46. The lowest BCUT2D eigenvalue weighted by molar-refractivity contribution is -0.223. The van der Waals surface area contributed by atoms with E-state index in [1.807, 2.05) is 44.2 Å². The molecule has 0 aromatic heterocycles. The summed E-state index contributed by atoms with van der Waals surface area (Å²) in [6, 6.07) is 9.90. The van der Waals surface area contributed by atoms with Crippen molar-refractivity contribution in [2.45, 2.75) is 38.3 Å². The quantitative estimate of drug-likeness (QED) is 0.861. The molecule has 1 heterocycles. The zero-order valence-corrected chi connectivity index (χ0v) is 11.6. The van der Waals surface area contributed by atoms with Crippen LogP contribution in [0.4, 0.5) is 0 Å². The molecule has 3 N–H and O–H groups in total. The molecular weight excluding hydrogens is 242 g/mol. The van der Waals surface area contributed by atoms with Crippen molar-refractivity contribution >= 4 is 0 Å². The predicted octanol–water partition coefficient (Wildman–Crippen LogP) is 1.32. The highest BCUT2D eigenvalue weighted by Crippen LogP contribution is 2.32. The Morgan fingerprint density at radius 1 is 1.37 bits per heavy atom. The van der Waals surface area contributed by atoms with E-state index >= 15 is 0 Å². The van der Waals surface area contributed by atoms with Crippen LogP contribution in [0.2, 0.25) is 0 Å². The molecule has 1 fully saturated rings. The largest absolute Gasteiger partial charge is 0.385 e. The van der Waals surface area contributed by atoms with Crippen molar-refractivity contribution in [3.63, 3.8) is 0 Å². The Hall–Kier alpha value is -0.940. The van der Waals surface area contributed by atoms with Crippen LogP contribution in [-0.2, 0) is 16.1 Å². The maximum absolute atomic E-state index is 10.7. The zero-order valence-electron chi connectivity index (χ0n) is 11.6. The van der Waals surface area contributed by atoms with Crippen LogP contribution in [0.1, 0.15) is 19.4 Å². The van der Waals surface area contributed by atoms with Gasteiger partial charge in [0.2, 0.25) is 0 Å². The van der Waals surface area contributed by atoms with Crippen molar-refractivity contribution < 1.29 is 14.6 Å². The first-order valence-corrected chi connectivity index (χ1v) is 6.77. The molecule has 19 heavy (non-hydrogen) atoms. The zero-order chi connectivity index (χ0) is 13.9. The fourth-order valence-corrected chi connectivity index (χ4v) is 2.51. The van der Waals surface area contributed by atoms with Gasteiger partial charge in [-0.3, -0.25) is 0 Å². The average molecular weight is 265 g/mol. The van der Waals surface area contributed by atoms with Crippen LogP contribution in [0.15, 0.2) is 30.3 Å². The summed E-state index contributed by atoms with van der Waals surface area (Å²) < 4.78 is 11.5. The molecule has 1 aliphatic rings. The molecule has 0 saturated carbocycles. The third kappa shape index (κ3) is 2.98. The Morgan fingerprint density at radius 3 is 2.68 bits per heavy atom. The van der Waals surface area contributed by atoms with Gasteiger partial charge in [-0.25, -0.2) is 0 Å². The molecule has 0 spiro atoms. The minimum absolute atomic E-state index is 0.00914. The van der Waals surface area contributed by atoms with Crippen molar-refractivity contribution in [3.05, 3.63) is 35.9 Å². The Labute approximate surface area is 114 Å². The van der Waals surface area contributed by atoms with E-state index in [1.165, 1.54) is 0 Å². The van der Waals surface area contributed by atoms with Crippen LogP contribution in [0.5, 0.6) is 0 Å². The molecule has 106 valence electrons. The van der Waals surface area contributed by atoms with Gasteiger partial charge in [-0.1, -0.05) is 37.3 Å². The van der Waals surface area contributed by atoms with Crippen LogP contribution in [0.25, 0.3) is 0 Å². The molecule has 2 rings (SSSR count). The second-order valence-corrected chi connectivity index (χ2v) is 5.31. The Morgan fingerprint density at radius 2 is 2.05 bits per heavy atom. The van der Waals surface area contributed by atoms with Crippen LogP contribution in [0.3, 0.4) is 0 Å². The summed E-state index contributed by atoms with van der Waals surface area (Å²) in [5, 5.41) is 10.7. The fraction of sp³-hybridized carbons (Fsp3) is 0.600. The third-order valence-electron chi connectivity index (χ3n) is 4.18. The van der Waals surface area contributed by atoms with Crippen molar-refractivity contribution in [1.82, 2.24) is 0 Å². The minimum Gasteiger partial charge on any atom is -0.385 e. The van der Waals surface area contributed by atoms with E-state index < -0.39 is 5.60 Å². The monoisotopic (exact) mass is 265 g/mol. The van der Waals surface area contributed by atoms with Crippen molar-refractivity contribution in [2.24, 2.45) is 11.7 Å². The Kier molecular flexibility index (Phi) is 4.58. The van der Waals surface area contributed by atoms with Gasteiger partial charge in [-0.15, -0.1) is 0 Å². The van der Waals surface area contributed by atoms with Gasteiger partial charge < -0.3 is 20.3 Å². The molecule has 1 aliphatic heterocycles. The molecule has 4 atom stereocenters. The lowest BCUT2D eigenvalue weighted by Crippen LogP contribution is -2.62. The fourth-order valence-electron chi connectivity index (χ4n) is 2.51. The summed E-state index contributed by atoms with van der Waals surface area (Å²) in [7, 11) is 0. The molecule has 4 heteroatoms. The summed E-state index contributed by atoms with van der Waals surface area (Å²) >= 11 is 0. The number of benzene rings is 1. The van der Waals surface area contributed by atoms with E-state index in [1.54, 1.807) is 0 Å². The highest BCUT2D eigenvalue weighted by molar-refractivity contribution is 5.13. The highest BCUT2D eigenvalue weighted by atomic mass is 16.6. The Balaban J connectivity index is 2.02. The number of hydrogen-bond acceptors (Lipinski definition) is 4. The van der Waals surface area contributed by atoms with E-state index in [2.05, 4.69) is 0 Å². The molecule has 4 nitrogen and oxygen atoms in total. The van der Waals surface area contributed by atoms with Gasteiger partial charge in [0.1, 0.15) is 11.7 Å². The summed E-state index contributed by atoms with van der Waals surface area (Å²) in [6.45, 7) is 4.93. The maximum Gasteiger partial charge on any atom is 0.111 e. The molecule has 1 aromatic carbocycles. The van der Waals surface area contributed by atoms with Crippen molar-refractivity contribution in [3.8, 4) is 0 Å². The number of ether oxygens (including phenoxy) is 2. The van der Waals surface area contributed by atoms with E-state index in [-0.39, 0.29) is 24.7 Å². The average Bonchev–Trinajstić information content (AvgIpc) is 2.45. The van der Waals surface area contributed by atoms with E-state index in [0.29, 0.717) is 13.2 Å². The standard InChI is InChI=1S/C15H23NO3/c1-11-12(2)18-9-14(15(11,17)10-16)19-8-13-6-4-3-5-7-13/h3-7,11-12,14,17H,8-10,16H2,1-2H3/t11-,12?,14?,15+/m1/s1. The molecule has 0 aliphatic carbocycles. The molecule has 0 bridgehead atoms. The van der Waals surface area contributed by atoms with E-state index in [9.17, 15) is 5.11 Å². The Bertz CT molecular complexity index is 398. The molecular formula is C15H23NO3. The first-order valence-electron chi connectivity index (χ1n) is 6.77. The topological polar surface area (TPSA) is 64.7 Å². The highest BCUT2D eigenvalue weighted by Gasteiger charge is 2.47. The minimum atomic E-state index is -1.02. The van der Waals surface area contributed by atoms with Crippen LogP contribution >= 0.6 is 0 Å². The predicted molar refractivity (Wildman–Crippen MR) is 73.6 cm³/mol. The second-order valence-electron chi connectivity index (χ2n) is 5.31. The first-order chi connectivity index (χ1) is 9.08. The first kappa shape index (κ1) is 14.5. The van der Waals surface area contributed by atoms with Gasteiger partial charge in [-0.2, -0.15) is 0 Å². The molecule has 1 aromatic rings. The van der Waals surface area contributed by atoms with Crippen molar-refractivity contribution in [1.29, 1.82) is 0 Å².